The molecule has 3 aromatic rings. The Morgan fingerprint density at radius 2 is 1.64 bits per heavy atom. The van der Waals surface area contributed by atoms with Crippen LogP contribution in [0.4, 0.5) is 0 Å². The normalized spacial score (nSPS) is 11.6. The summed E-state index contributed by atoms with van der Waals surface area (Å²) in [6, 6.07) is 19.5. The first kappa shape index (κ1) is 16.4. The van der Waals surface area contributed by atoms with E-state index in [0.717, 1.165) is 5.56 Å². The van der Waals surface area contributed by atoms with Gasteiger partial charge in [0.05, 0.1) is 5.69 Å². The summed E-state index contributed by atoms with van der Waals surface area (Å²) in [7, 11) is 1.54. The van der Waals surface area contributed by atoms with Gasteiger partial charge in [0.15, 0.2) is 0 Å². The van der Waals surface area contributed by atoms with E-state index in [0.29, 0.717) is 17.0 Å². The average molecular weight is 334 g/mol. The molecule has 0 aliphatic carbocycles. The molecule has 3 rings (SSSR count). The molecule has 3 N–H and O–H groups in total. The molecule has 2 amide bonds. The number of H-pyrrole nitrogens is 1. The number of hydrogen-bond acceptors (Lipinski definition) is 3. The van der Waals surface area contributed by atoms with Crippen molar-refractivity contribution in [2.45, 2.75) is 6.04 Å². The van der Waals surface area contributed by atoms with E-state index in [-0.39, 0.29) is 5.91 Å². The molecule has 126 valence electrons. The lowest BCUT2D eigenvalue weighted by molar-refractivity contribution is -0.122. The number of nitrogens with zero attached hydrogens (tertiary/aromatic N) is 1. The van der Waals surface area contributed by atoms with Crippen molar-refractivity contribution in [3.05, 3.63) is 78.0 Å². The maximum atomic E-state index is 12.5. The van der Waals surface area contributed by atoms with Gasteiger partial charge in [0.1, 0.15) is 11.7 Å². The fraction of sp³-hybridized carbons (Fsp3) is 0.105. The molecular weight excluding hydrogens is 316 g/mol. The van der Waals surface area contributed by atoms with Crippen molar-refractivity contribution in [1.82, 2.24) is 20.8 Å². The minimum Gasteiger partial charge on any atom is -0.357 e. The van der Waals surface area contributed by atoms with Gasteiger partial charge >= 0.3 is 0 Å². The summed E-state index contributed by atoms with van der Waals surface area (Å²) >= 11 is 0. The Bertz CT molecular complexity index is 859. The highest BCUT2D eigenvalue weighted by Crippen LogP contribution is 2.18. The number of hydrogen-bond donors (Lipinski definition) is 3. The van der Waals surface area contributed by atoms with Gasteiger partial charge in [-0.1, -0.05) is 60.7 Å². The third-order valence-electron chi connectivity index (χ3n) is 3.81. The summed E-state index contributed by atoms with van der Waals surface area (Å²) in [5, 5.41) is 12.2. The molecule has 0 saturated heterocycles. The van der Waals surface area contributed by atoms with Crippen molar-refractivity contribution in [1.29, 1.82) is 0 Å². The Kier molecular flexibility index (Phi) is 4.89. The lowest BCUT2D eigenvalue weighted by atomic mass is 10.1. The molecule has 1 aromatic heterocycles. The molecule has 0 bridgehead atoms. The molecule has 25 heavy (non-hydrogen) atoms. The Balaban J connectivity index is 1.80. The second-order valence-electron chi connectivity index (χ2n) is 5.46. The van der Waals surface area contributed by atoms with E-state index in [9.17, 15) is 9.59 Å². The van der Waals surface area contributed by atoms with E-state index < -0.39 is 11.9 Å². The predicted octanol–water partition coefficient (Wildman–Crippen LogP) is 2.29. The number of likely N-dealkylation sites (N-methyl/N-ethyl adjacent to an activating group) is 1. The van der Waals surface area contributed by atoms with Crippen LogP contribution in [0.3, 0.4) is 0 Å². The molecule has 0 unspecified atom stereocenters. The standard InChI is InChI=1S/C19H18N4O2/c1-20-19(25)17(14-10-6-3-7-11-14)21-18(24)16-12-15(22-23-16)13-8-4-2-5-9-13/h2-12,17H,1H3,(H,20,25)(H,21,24)(H,22,23)/t17-/m1/s1. The molecule has 1 heterocycles. The third-order valence-corrected chi connectivity index (χ3v) is 3.81. The van der Waals surface area contributed by atoms with E-state index in [4.69, 9.17) is 0 Å². The maximum Gasteiger partial charge on any atom is 0.270 e. The van der Waals surface area contributed by atoms with Crippen LogP contribution < -0.4 is 10.6 Å². The van der Waals surface area contributed by atoms with Crippen molar-refractivity contribution in [2.75, 3.05) is 7.05 Å². The number of carbonyl (C=O) groups is 2. The van der Waals surface area contributed by atoms with Crippen LogP contribution in [0.15, 0.2) is 66.7 Å². The van der Waals surface area contributed by atoms with Crippen LogP contribution in [0.2, 0.25) is 0 Å². The average Bonchev–Trinajstić information content (AvgIpc) is 3.17. The van der Waals surface area contributed by atoms with E-state index in [1.807, 2.05) is 48.5 Å². The molecule has 6 heteroatoms. The Hall–Kier alpha value is -3.41. The van der Waals surface area contributed by atoms with Crippen molar-refractivity contribution in [2.24, 2.45) is 0 Å². The molecule has 0 radical (unpaired) electrons. The maximum absolute atomic E-state index is 12.5. The van der Waals surface area contributed by atoms with Crippen LogP contribution in [-0.2, 0) is 4.79 Å². The monoisotopic (exact) mass is 334 g/mol. The number of aromatic amines is 1. The molecule has 1 atom stereocenters. The summed E-state index contributed by atoms with van der Waals surface area (Å²) in [6.45, 7) is 0. The van der Waals surface area contributed by atoms with Gasteiger partial charge in [-0.2, -0.15) is 5.10 Å². The Morgan fingerprint density at radius 3 is 2.28 bits per heavy atom. The number of amides is 2. The van der Waals surface area contributed by atoms with E-state index in [2.05, 4.69) is 20.8 Å². The first-order valence-electron chi connectivity index (χ1n) is 7.87. The molecule has 0 saturated carbocycles. The summed E-state index contributed by atoms with van der Waals surface area (Å²) < 4.78 is 0. The molecular formula is C19H18N4O2. The highest BCUT2D eigenvalue weighted by Gasteiger charge is 2.23. The van der Waals surface area contributed by atoms with Gasteiger partial charge in [0.2, 0.25) is 5.91 Å². The smallest absolute Gasteiger partial charge is 0.270 e. The minimum absolute atomic E-state index is 0.289. The fourth-order valence-electron chi connectivity index (χ4n) is 2.49. The summed E-state index contributed by atoms with van der Waals surface area (Å²) in [6.07, 6.45) is 0. The molecule has 2 aromatic carbocycles. The van der Waals surface area contributed by atoms with Gasteiger partial charge in [-0.05, 0) is 11.6 Å². The molecule has 0 aliphatic heterocycles. The zero-order valence-corrected chi connectivity index (χ0v) is 13.7. The molecule has 0 spiro atoms. The predicted molar refractivity (Wildman–Crippen MR) is 94.7 cm³/mol. The second kappa shape index (κ2) is 7.44. The lowest BCUT2D eigenvalue weighted by Crippen LogP contribution is -2.39. The second-order valence-corrected chi connectivity index (χ2v) is 5.46. The van der Waals surface area contributed by atoms with E-state index in [1.165, 1.54) is 7.05 Å². The van der Waals surface area contributed by atoms with Crippen molar-refractivity contribution >= 4 is 11.8 Å². The van der Waals surface area contributed by atoms with E-state index in [1.54, 1.807) is 18.2 Å². The minimum atomic E-state index is -0.776. The highest BCUT2D eigenvalue weighted by atomic mass is 16.2. The summed E-state index contributed by atoms with van der Waals surface area (Å²) in [5.74, 6) is -0.686. The van der Waals surface area contributed by atoms with E-state index >= 15 is 0 Å². The topological polar surface area (TPSA) is 86.9 Å². The van der Waals surface area contributed by atoms with Gasteiger partial charge in [-0.15, -0.1) is 0 Å². The first-order valence-corrected chi connectivity index (χ1v) is 7.87. The van der Waals surface area contributed by atoms with Crippen LogP contribution >= 0.6 is 0 Å². The van der Waals surface area contributed by atoms with Crippen molar-refractivity contribution in [3.8, 4) is 11.3 Å². The SMILES string of the molecule is CNC(=O)[C@H](NC(=O)c1cc(-c2ccccc2)n[nH]1)c1ccccc1. The third kappa shape index (κ3) is 3.74. The van der Waals surface area contributed by atoms with Crippen LogP contribution in [0.25, 0.3) is 11.3 Å². The lowest BCUT2D eigenvalue weighted by Gasteiger charge is -2.17. The number of rotatable bonds is 5. The Morgan fingerprint density at radius 1 is 1.00 bits per heavy atom. The number of carbonyl (C=O) groups excluding carboxylic acids is 2. The molecule has 6 nitrogen and oxygen atoms in total. The first-order chi connectivity index (χ1) is 12.2. The fourth-order valence-corrected chi connectivity index (χ4v) is 2.49. The summed E-state index contributed by atoms with van der Waals surface area (Å²) in [5.41, 5.74) is 2.58. The van der Waals surface area contributed by atoms with Gasteiger partial charge < -0.3 is 10.6 Å². The number of benzene rings is 2. The summed E-state index contributed by atoms with van der Waals surface area (Å²) in [4.78, 5) is 24.7. The highest BCUT2D eigenvalue weighted by molar-refractivity contribution is 5.97. The number of aromatic nitrogens is 2. The quantitative estimate of drug-likeness (QED) is 0.669. The van der Waals surface area contributed by atoms with Crippen LogP contribution in [0, 0.1) is 0 Å². The van der Waals surface area contributed by atoms with Gasteiger partial charge in [-0.3, -0.25) is 14.7 Å². The number of nitrogens with one attached hydrogen (secondary N) is 3. The van der Waals surface area contributed by atoms with Gasteiger partial charge in [0, 0.05) is 12.6 Å². The zero-order valence-electron chi connectivity index (χ0n) is 13.7. The van der Waals surface area contributed by atoms with Crippen LogP contribution in [0.1, 0.15) is 22.1 Å². The van der Waals surface area contributed by atoms with Crippen molar-refractivity contribution in [3.63, 3.8) is 0 Å². The van der Waals surface area contributed by atoms with Crippen molar-refractivity contribution < 1.29 is 9.59 Å². The zero-order chi connectivity index (χ0) is 17.6. The van der Waals surface area contributed by atoms with Gasteiger partial charge in [0.25, 0.3) is 5.91 Å². The van der Waals surface area contributed by atoms with Crippen LogP contribution in [-0.4, -0.2) is 29.1 Å². The molecule has 0 aliphatic rings. The van der Waals surface area contributed by atoms with Gasteiger partial charge in [-0.25, -0.2) is 0 Å². The Labute approximate surface area is 145 Å². The molecule has 0 fully saturated rings. The van der Waals surface area contributed by atoms with Crippen LogP contribution in [0.5, 0.6) is 0 Å². The largest absolute Gasteiger partial charge is 0.357 e.